The molecule has 1 aromatic carbocycles. The predicted molar refractivity (Wildman–Crippen MR) is 74.2 cm³/mol. The Kier molecular flexibility index (Phi) is 2.45. The van der Waals surface area contributed by atoms with Crippen molar-refractivity contribution in [2.24, 2.45) is 0 Å². The molecule has 0 amide bonds. The molecule has 82 valence electrons. The van der Waals surface area contributed by atoms with Crippen LogP contribution in [0.2, 0.25) is 0 Å². The van der Waals surface area contributed by atoms with Gasteiger partial charge < -0.3 is 4.18 Å². The SMILES string of the molecule is CC1=CC2=S(O1)SC=C2c1ccc(C)cc1. The number of benzene rings is 1. The lowest BCUT2D eigenvalue weighted by atomic mass is 10.0. The molecule has 0 radical (unpaired) electrons. The lowest BCUT2D eigenvalue weighted by Gasteiger charge is -2.03. The highest BCUT2D eigenvalue weighted by Crippen LogP contribution is 2.50. The monoisotopic (exact) mass is 248 g/mol. The maximum Gasteiger partial charge on any atom is 0.113 e. The van der Waals surface area contributed by atoms with Crippen LogP contribution in [0.4, 0.5) is 0 Å². The quantitative estimate of drug-likeness (QED) is 0.541. The summed E-state index contributed by atoms with van der Waals surface area (Å²) in [7, 11) is 1.69. The van der Waals surface area contributed by atoms with Crippen LogP contribution in [0, 0.1) is 6.92 Å². The molecular weight excluding hydrogens is 236 g/mol. The van der Waals surface area contributed by atoms with Crippen LogP contribution in [0.1, 0.15) is 18.1 Å². The molecule has 1 atom stereocenters. The molecule has 2 heterocycles. The predicted octanol–water partition coefficient (Wildman–Crippen LogP) is 4.29. The van der Waals surface area contributed by atoms with Crippen molar-refractivity contribution in [3.05, 3.63) is 52.6 Å². The Bertz CT molecular complexity index is 536. The topological polar surface area (TPSA) is 9.23 Å². The van der Waals surface area contributed by atoms with Crippen LogP contribution in [-0.2, 0) is 4.18 Å². The average molecular weight is 248 g/mol. The summed E-state index contributed by atoms with van der Waals surface area (Å²) < 4.78 is 5.72. The summed E-state index contributed by atoms with van der Waals surface area (Å²) >= 11 is 0. The normalized spacial score (nSPS) is 22.6. The zero-order valence-electron chi connectivity index (χ0n) is 9.19. The first kappa shape index (κ1) is 10.2. The van der Waals surface area contributed by atoms with Crippen LogP contribution in [0.15, 0.2) is 41.5 Å². The van der Waals surface area contributed by atoms with Crippen molar-refractivity contribution < 1.29 is 4.18 Å². The molecule has 3 heteroatoms. The first-order valence-corrected chi connectivity index (χ1v) is 7.71. The van der Waals surface area contributed by atoms with Gasteiger partial charge in [-0.05, 0) is 41.7 Å². The molecule has 0 N–H and O–H groups in total. The molecule has 2 aliphatic rings. The second-order valence-corrected chi connectivity index (χ2v) is 6.92. The largest absolute Gasteiger partial charge is 0.427 e. The summed E-state index contributed by atoms with van der Waals surface area (Å²) in [4.78, 5) is 1.34. The molecule has 0 aliphatic carbocycles. The van der Waals surface area contributed by atoms with Gasteiger partial charge in [-0.1, -0.05) is 29.8 Å². The van der Waals surface area contributed by atoms with Crippen LogP contribution in [-0.4, -0.2) is 4.86 Å². The third-order valence-corrected chi connectivity index (χ3v) is 5.78. The highest BCUT2D eigenvalue weighted by atomic mass is 33.1. The molecule has 1 nitrogen and oxygen atoms in total. The minimum Gasteiger partial charge on any atom is -0.427 e. The van der Waals surface area contributed by atoms with E-state index in [9.17, 15) is 0 Å². The highest BCUT2D eigenvalue weighted by Gasteiger charge is 2.23. The zero-order valence-corrected chi connectivity index (χ0v) is 10.8. The van der Waals surface area contributed by atoms with Crippen LogP contribution in [0.5, 0.6) is 0 Å². The van der Waals surface area contributed by atoms with Crippen molar-refractivity contribution in [3.63, 3.8) is 0 Å². The summed E-state index contributed by atoms with van der Waals surface area (Å²) in [5.74, 6) is 1.03. The highest BCUT2D eigenvalue weighted by molar-refractivity contribution is 8.84. The first-order valence-electron chi connectivity index (χ1n) is 5.16. The van der Waals surface area contributed by atoms with Gasteiger partial charge in [0.05, 0.1) is 14.7 Å². The Morgan fingerprint density at radius 2 is 1.88 bits per heavy atom. The molecule has 0 aromatic heterocycles. The Morgan fingerprint density at radius 1 is 1.12 bits per heavy atom. The Balaban J connectivity index is 2.00. The minimum absolute atomic E-state index is 0.0858. The van der Waals surface area contributed by atoms with E-state index >= 15 is 0 Å². The smallest absolute Gasteiger partial charge is 0.113 e. The van der Waals surface area contributed by atoms with Crippen molar-refractivity contribution in [2.75, 3.05) is 0 Å². The van der Waals surface area contributed by atoms with Crippen LogP contribution in [0.3, 0.4) is 0 Å². The summed E-state index contributed by atoms with van der Waals surface area (Å²) in [5.41, 5.74) is 3.91. The summed E-state index contributed by atoms with van der Waals surface area (Å²) in [6.07, 6.45) is 2.16. The van der Waals surface area contributed by atoms with E-state index in [0.29, 0.717) is 0 Å². The van der Waals surface area contributed by atoms with Crippen molar-refractivity contribution in [3.8, 4) is 0 Å². The fourth-order valence-electron chi connectivity index (χ4n) is 1.75. The summed E-state index contributed by atoms with van der Waals surface area (Å²) in [5, 5.41) is 2.21. The van der Waals surface area contributed by atoms with Gasteiger partial charge in [-0.25, -0.2) is 0 Å². The maximum atomic E-state index is 5.72. The zero-order chi connectivity index (χ0) is 11.1. The number of aryl methyl sites for hydroxylation is 1. The van der Waals surface area contributed by atoms with Gasteiger partial charge in [-0.15, -0.1) is 0 Å². The molecule has 3 rings (SSSR count). The molecule has 0 bridgehead atoms. The van der Waals surface area contributed by atoms with Crippen LogP contribution < -0.4 is 0 Å². The third kappa shape index (κ3) is 1.64. The van der Waals surface area contributed by atoms with Gasteiger partial charge in [0.25, 0.3) is 0 Å². The molecule has 0 saturated heterocycles. The van der Waals surface area contributed by atoms with Crippen LogP contribution >= 0.6 is 20.6 Å². The fourth-order valence-corrected chi connectivity index (χ4v) is 5.13. The first-order chi connectivity index (χ1) is 7.74. The molecule has 2 aliphatic heterocycles. The van der Waals surface area contributed by atoms with E-state index in [-0.39, 0.29) is 9.80 Å². The van der Waals surface area contributed by atoms with Gasteiger partial charge in [0.1, 0.15) is 5.76 Å². The van der Waals surface area contributed by atoms with Gasteiger partial charge in [0.15, 0.2) is 0 Å². The Hall–Kier alpha value is -0.930. The van der Waals surface area contributed by atoms with Crippen molar-refractivity contribution in [1.82, 2.24) is 0 Å². The number of hydrogen-bond acceptors (Lipinski definition) is 2. The van der Waals surface area contributed by atoms with Gasteiger partial charge >= 0.3 is 0 Å². The number of hydrogen-bond donors (Lipinski definition) is 0. The third-order valence-electron chi connectivity index (χ3n) is 2.60. The molecule has 0 fully saturated rings. The van der Waals surface area contributed by atoms with E-state index in [1.165, 1.54) is 21.6 Å². The van der Waals surface area contributed by atoms with E-state index in [1.807, 2.05) is 6.92 Å². The fraction of sp³-hybridized carbons (Fsp3) is 0.154. The summed E-state index contributed by atoms with van der Waals surface area (Å²) in [6, 6.07) is 8.68. The second kappa shape index (κ2) is 3.82. The van der Waals surface area contributed by atoms with E-state index in [4.69, 9.17) is 4.18 Å². The molecule has 0 saturated carbocycles. The van der Waals surface area contributed by atoms with Gasteiger partial charge in [-0.3, -0.25) is 0 Å². The van der Waals surface area contributed by atoms with E-state index in [1.54, 1.807) is 10.8 Å². The standard InChI is InChI=1S/C13H12OS2/c1-9-3-5-11(6-4-9)12-8-15-16-13(12)7-10(2)14-16/h3-8H,1-2H3. The lowest BCUT2D eigenvalue weighted by molar-refractivity contribution is 0.513. The Morgan fingerprint density at radius 3 is 2.62 bits per heavy atom. The molecule has 1 unspecified atom stereocenters. The average Bonchev–Trinajstić information content (AvgIpc) is 2.78. The molecule has 1 aromatic rings. The van der Waals surface area contributed by atoms with E-state index < -0.39 is 0 Å². The van der Waals surface area contributed by atoms with E-state index in [2.05, 4.69) is 42.7 Å². The van der Waals surface area contributed by atoms with Gasteiger partial charge in [0, 0.05) is 5.57 Å². The molecule has 16 heavy (non-hydrogen) atoms. The van der Waals surface area contributed by atoms with E-state index in [0.717, 1.165) is 5.76 Å². The van der Waals surface area contributed by atoms with Gasteiger partial charge in [-0.2, -0.15) is 0 Å². The minimum atomic E-state index is -0.0858. The van der Waals surface area contributed by atoms with Gasteiger partial charge in [0.2, 0.25) is 0 Å². The van der Waals surface area contributed by atoms with Crippen molar-refractivity contribution >= 4 is 31.0 Å². The maximum absolute atomic E-state index is 5.72. The van der Waals surface area contributed by atoms with Crippen LogP contribution in [0.25, 0.3) is 5.57 Å². The van der Waals surface area contributed by atoms with Crippen molar-refractivity contribution in [1.29, 1.82) is 0 Å². The van der Waals surface area contributed by atoms with Crippen molar-refractivity contribution in [2.45, 2.75) is 13.8 Å². The second-order valence-electron chi connectivity index (χ2n) is 3.93. The number of allylic oxidation sites excluding steroid dienone is 3. The number of rotatable bonds is 1. The Labute approximate surface area is 102 Å². The molecular formula is C13H12OS2. The lowest BCUT2D eigenvalue weighted by Crippen LogP contribution is -1.93. The molecule has 0 spiro atoms. The summed E-state index contributed by atoms with van der Waals surface area (Å²) in [6.45, 7) is 4.13.